The molecule has 0 saturated carbocycles. The Morgan fingerprint density at radius 1 is 1.47 bits per heavy atom. The van der Waals surface area contributed by atoms with Gasteiger partial charge in [-0.25, -0.2) is 0 Å². The van der Waals surface area contributed by atoms with Gasteiger partial charge >= 0.3 is 0 Å². The van der Waals surface area contributed by atoms with Crippen LogP contribution in [0.4, 0.5) is 5.69 Å². The summed E-state index contributed by atoms with van der Waals surface area (Å²) >= 11 is 0. The molecule has 0 aromatic heterocycles. The number of nitrogens with one attached hydrogen (secondary N) is 1. The van der Waals surface area contributed by atoms with Gasteiger partial charge in [0.25, 0.3) is 5.91 Å². The monoisotopic (exact) mass is 259 g/mol. The summed E-state index contributed by atoms with van der Waals surface area (Å²) in [4.78, 5) is 13.3. The second-order valence-electron chi connectivity index (χ2n) is 4.04. The van der Waals surface area contributed by atoms with Gasteiger partial charge < -0.3 is 15.3 Å². The molecule has 0 aliphatic heterocycles. The molecule has 0 aliphatic rings. The van der Waals surface area contributed by atoms with Crippen molar-refractivity contribution in [3.8, 4) is 11.8 Å². The third kappa shape index (κ3) is 4.36. The van der Waals surface area contributed by atoms with E-state index in [2.05, 4.69) is 5.32 Å². The third-order valence-electron chi connectivity index (χ3n) is 2.48. The SMILES string of the molecule is CCCNC(=O)/C(C#N)=C\N(C)c1ccc(O)cc1. The van der Waals surface area contributed by atoms with Crippen LogP contribution in [0.1, 0.15) is 13.3 Å². The fraction of sp³-hybridized carbons (Fsp3) is 0.286. The van der Waals surface area contributed by atoms with Crippen LogP contribution in [0.25, 0.3) is 0 Å². The molecular formula is C14H17N3O2. The van der Waals surface area contributed by atoms with E-state index in [4.69, 9.17) is 5.26 Å². The number of benzene rings is 1. The molecule has 2 N–H and O–H groups in total. The lowest BCUT2D eigenvalue weighted by Gasteiger charge is -2.14. The molecule has 1 amide bonds. The van der Waals surface area contributed by atoms with Gasteiger partial charge in [-0.15, -0.1) is 0 Å². The molecule has 0 spiro atoms. The Hall–Kier alpha value is -2.48. The molecule has 5 nitrogen and oxygen atoms in total. The first-order chi connectivity index (χ1) is 9.08. The van der Waals surface area contributed by atoms with E-state index in [0.717, 1.165) is 12.1 Å². The minimum Gasteiger partial charge on any atom is -0.508 e. The summed E-state index contributed by atoms with van der Waals surface area (Å²) in [5.41, 5.74) is 0.817. The molecule has 0 fully saturated rings. The highest BCUT2D eigenvalue weighted by atomic mass is 16.3. The normalized spacial score (nSPS) is 10.7. The van der Waals surface area contributed by atoms with Crippen LogP contribution in [0, 0.1) is 11.3 Å². The second-order valence-corrected chi connectivity index (χ2v) is 4.04. The first-order valence-electron chi connectivity index (χ1n) is 6.00. The van der Waals surface area contributed by atoms with Gasteiger partial charge in [0, 0.05) is 25.5 Å². The Labute approximate surface area is 112 Å². The number of carbonyl (C=O) groups excluding carboxylic acids is 1. The summed E-state index contributed by atoms with van der Waals surface area (Å²) in [5.74, 6) is -0.211. The van der Waals surface area contributed by atoms with Gasteiger partial charge in [0.1, 0.15) is 17.4 Å². The molecule has 0 aliphatic carbocycles. The van der Waals surface area contributed by atoms with Gasteiger partial charge in [-0.1, -0.05) is 6.92 Å². The van der Waals surface area contributed by atoms with Gasteiger partial charge in [0.15, 0.2) is 0 Å². The largest absolute Gasteiger partial charge is 0.508 e. The molecule has 100 valence electrons. The second kappa shape index (κ2) is 7.07. The van der Waals surface area contributed by atoms with Gasteiger partial charge in [-0.3, -0.25) is 4.79 Å². The van der Waals surface area contributed by atoms with Crippen LogP contribution in [-0.2, 0) is 4.79 Å². The fourth-order valence-corrected chi connectivity index (χ4v) is 1.43. The van der Waals surface area contributed by atoms with E-state index < -0.39 is 0 Å². The zero-order chi connectivity index (χ0) is 14.3. The first kappa shape index (κ1) is 14.6. The van der Waals surface area contributed by atoms with E-state index in [-0.39, 0.29) is 17.2 Å². The van der Waals surface area contributed by atoms with E-state index in [9.17, 15) is 9.90 Å². The number of nitriles is 1. The number of aromatic hydroxyl groups is 1. The average Bonchev–Trinajstić information content (AvgIpc) is 2.42. The number of hydrogen-bond donors (Lipinski definition) is 2. The number of nitrogens with zero attached hydrogens (tertiary/aromatic N) is 2. The Kier molecular flexibility index (Phi) is 5.42. The highest BCUT2D eigenvalue weighted by molar-refractivity contribution is 5.97. The van der Waals surface area contributed by atoms with E-state index in [1.54, 1.807) is 36.2 Å². The molecular weight excluding hydrogens is 242 g/mol. The smallest absolute Gasteiger partial charge is 0.263 e. The molecule has 0 heterocycles. The molecule has 0 radical (unpaired) electrons. The van der Waals surface area contributed by atoms with E-state index >= 15 is 0 Å². The topological polar surface area (TPSA) is 76.4 Å². The van der Waals surface area contributed by atoms with Crippen LogP contribution in [0.15, 0.2) is 36.0 Å². The summed E-state index contributed by atoms with van der Waals surface area (Å²) in [6.07, 6.45) is 2.29. The number of rotatable bonds is 5. The zero-order valence-electron chi connectivity index (χ0n) is 11.1. The third-order valence-corrected chi connectivity index (χ3v) is 2.48. The Bertz CT molecular complexity index is 500. The molecule has 0 unspecified atom stereocenters. The molecule has 0 saturated heterocycles. The highest BCUT2D eigenvalue weighted by Gasteiger charge is 2.09. The summed E-state index contributed by atoms with van der Waals surface area (Å²) in [5, 5.41) is 20.8. The van der Waals surface area contributed by atoms with Crippen molar-refractivity contribution in [3.63, 3.8) is 0 Å². The highest BCUT2D eigenvalue weighted by Crippen LogP contribution is 2.17. The Morgan fingerprint density at radius 2 is 2.11 bits per heavy atom. The zero-order valence-corrected chi connectivity index (χ0v) is 11.1. The molecule has 1 aromatic rings. The fourth-order valence-electron chi connectivity index (χ4n) is 1.43. The molecule has 5 heteroatoms. The van der Waals surface area contributed by atoms with Crippen molar-refractivity contribution in [1.82, 2.24) is 5.32 Å². The lowest BCUT2D eigenvalue weighted by atomic mass is 10.2. The lowest BCUT2D eigenvalue weighted by molar-refractivity contribution is -0.117. The maximum absolute atomic E-state index is 11.7. The van der Waals surface area contributed by atoms with Crippen molar-refractivity contribution in [2.75, 3.05) is 18.5 Å². The van der Waals surface area contributed by atoms with Crippen LogP contribution in [0.2, 0.25) is 0 Å². The minimum absolute atomic E-state index is 0.0454. The van der Waals surface area contributed by atoms with Crippen molar-refractivity contribution < 1.29 is 9.90 Å². The number of hydrogen-bond acceptors (Lipinski definition) is 4. The van der Waals surface area contributed by atoms with Crippen LogP contribution < -0.4 is 10.2 Å². The molecule has 0 atom stereocenters. The van der Waals surface area contributed by atoms with Crippen LogP contribution in [0.3, 0.4) is 0 Å². The average molecular weight is 259 g/mol. The predicted octanol–water partition coefficient (Wildman–Crippen LogP) is 1.76. The van der Waals surface area contributed by atoms with Gasteiger partial charge in [-0.05, 0) is 30.7 Å². The standard InChI is InChI=1S/C14H17N3O2/c1-3-8-16-14(19)11(9-15)10-17(2)12-4-6-13(18)7-5-12/h4-7,10,18H,3,8H2,1-2H3,(H,16,19)/b11-10-. The van der Waals surface area contributed by atoms with E-state index in [0.29, 0.717) is 6.54 Å². The number of phenolic OH excluding ortho intramolecular Hbond substituents is 1. The summed E-state index contributed by atoms with van der Waals surface area (Å²) < 4.78 is 0. The number of carbonyl (C=O) groups is 1. The first-order valence-corrected chi connectivity index (χ1v) is 6.00. The van der Waals surface area contributed by atoms with Gasteiger partial charge in [0.2, 0.25) is 0 Å². The van der Waals surface area contributed by atoms with Gasteiger partial charge in [-0.2, -0.15) is 5.26 Å². The lowest BCUT2D eigenvalue weighted by Crippen LogP contribution is -2.26. The Balaban J connectivity index is 2.83. The van der Waals surface area contributed by atoms with Gasteiger partial charge in [0.05, 0.1) is 0 Å². The molecule has 1 rings (SSSR count). The Morgan fingerprint density at radius 3 is 2.63 bits per heavy atom. The molecule has 0 bridgehead atoms. The number of anilines is 1. The predicted molar refractivity (Wildman–Crippen MR) is 73.5 cm³/mol. The van der Waals surface area contributed by atoms with Crippen molar-refractivity contribution >= 4 is 11.6 Å². The van der Waals surface area contributed by atoms with Crippen molar-refractivity contribution in [2.45, 2.75) is 13.3 Å². The summed E-state index contributed by atoms with van der Waals surface area (Å²) in [7, 11) is 1.73. The summed E-state index contributed by atoms with van der Waals surface area (Å²) in [6, 6.07) is 8.37. The van der Waals surface area contributed by atoms with Crippen molar-refractivity contribution in [3.05, 3.63) is 36.0 Å². The van der Waals surface area contributed by atoms with Crippen LogP contribution in [0.5, 0.6) is 5.75 Å². The number of amides is 1. The molecule has 1 aromatic carbocycles. The van der Waals surface area contributed by atoms with Crippen molar-refractivity contribution in [1.29, 1.82) is 5.26 Å². The maximum atomic E-state index is 11.7. The quantitative estimate of drug-likeness (QED) is 0.624. The minimum atomic E-state index is -0.380. The maximum Gasteiger partial charge on any atom is 0.263 e. The molecule has 19 heavy (non-hydrogen) atoms. The van der Waals surface area contributed by atoms with Crippen molar-refractivity contribution in [2.24, 2.45) is 0 Å². The number of phenols is 1. The van der Waals surface area contributed by atoms with Crippen LogP contribution in [-0.4, -0.2) is 24.6 Å². The van der Waals surface area contributed by atoms with E-state index in [1.165, 1.54) is 6.20 Å². The van der Waals surface area contributed by atoms with Crippen LogP contribution >= 0.6 is 0 Å². The summed E-state index contributed by atoms with van der Waals surface area (Å²) in [6.45, 7) is 2.49. The van der Waals surface area contributed by atoms with E-state index in [1.807, 2.05) is 13.0 Å².